The van der Waals surface area contributed by atoms with Gasteiger partial charge in [-0.05, 0) is 54.8 Å². The van der Waals surface area contributed by atoms with Crippen LogP contribution in [0.5, 0.6) is 6.01 Å². The lowest BCUT2D eigenvalue weighted by Gasteiger charge is -2.19. The average Bonchev–Trinajstić information content (AvgIpc) is 3.70. The lowest BCUT2D eigenvalue weighted by Crippen LogP contribution is -2.46. The van der Waals surface area contributed by atoms with Gasteiger partial charge in [-0.15, -0.1) is 0 Å². The number of hydrogen-bond acceptors (Lipinski definition) is 9. The molecule has 4 rings (SSSR count). The minimum absolute atomic E-state index is 0.00651. The van der Waals surface area contributed by atoms with Crippen molar-refractivity contribution in [1.82, 2.24) is 25.6 Å². The van der Waals surface area contributed by atoms with E-state index in [4.69, 9.17) is 22.1 Å². The van der Waals surface area contributed by atoms with Gasteiger partial charge in [0, 0.05) is 22.8 Å². The number of anilines is 3. The summed E-state index contributed by atoms with van der Waals surface area (Å²) in [6, 6.07) is 10.7. The van der Waals surface area contributed by atoms with E-state index >= 15 is 0 Å². The molecule has 16 heteroatoms. The Bertz CT molecular complexity index is 1450. The monoisotopic (exact) mass is 606 g/mol. The number of benzene rings is 2. The first-order chi connectivity index (χ1) is 19.8. The van der Waals surface area contributed by atoms with Crippen LogP contribution in [-0.4, -0.2) is 57.4 Å². The Morgan fingerprint density at radius 3 is 2.29 bits per heavy atom. The fourth-order valence-corrected chi connectivity index (χ4v) is 3.93. The second-order valence-corrected chi connectivity index (χ2v) is 9.78. The van der Waals surface area contributed by atoms with E-state index in [0.717, 1.165) is 18.4 Å². The molecule has 0 unspecified atom stereocenters. The Balaban J connectivity index is 1.50. The predicted molar refractivity (Wildman–Crippen MR) is 148 cm³/mol. The molecule has 3 amide bonds. The molecule has 1 aliphatic rings. The Morgan fingerprint density at radius 1 is 1.07 bits per heavy atom. The van der Waals surface area contributed by atoms with Gasteiger partial charge in [-0.2, -0.15) is 28.1 Å². The summed E-state index contributed by atoms with van der Waals surface area (Å²) in [5.74, 6) is -1.09. The SMILES string of the molecule is C=C(O)[C@H](CNC(N)=O)NC(=O)c1ccc(Nc2nc(NC3(c4ccc(Cl)cc4)CC3)nc(OCC(F)(F)F)n2)cc1. The number of ether oxygens (including phenoxy) is 1. The Morgan fingerprint density at radius 2 is 1.71 bits per heavy atom. The van der Waals surface area contributed by atoms with Crippen molar-refractivity contribution in [3.8, 4) is 6.01 Å². The number of rotatable bonds is 12. The molecular formula is C26H26ClF3N8O4. The van der Waals surface area contributed by atoms with Crippen LogP contribution < -0.4 is 31.7 Å². The molecule has 0 spiro atoms. The van der Waals surface area contributed by atoms with Crippen molar-refractivity contribution in [1.29, 1.82) is 0 Å². The lowest BCUT2D eigenvalue weighted by atomic mass is 10.1. The number of amides is 3. The number of aliphatic hydroxyl groups is 1. The molecule has 0 radical (unpaired) electrons. The van der Waals surface area contributed by atoms with E-state index in [1.54, 1.807) is 12.1 Å². The van der Waals surface area contributed by atoms with Gasteiger partial charge in [0.25, 0.3) is 5.91 Å². The molecule has 42 heavy (non-hydrogen) atoms. The van der Waals surface area contributed by atoms with Crippen LogP contribution in [-0.2, 0) is 5.54 Å². The van der Waals surface area contributed by atoms with E-state index in [0.29, 0.717) is 10.7 Å². The zero-order valence-corrected chi connectivity index (χ0v) is 22.6. The van der Waals surface area contributed by atoms with Gasteiger partial charge in [-0.25, -0.2) is 4.79 Å². The maximum absolute atomic E-state index is 12.8. The van der Waals surface area contributed by atoms with E-state index < -0.39 is 42.3 Å². The summed E-state index contributed by atoms with van der Waals surface area (Å²) in [6.45, 7) is 1.59. The first kappa shape index (κ1) is 30.2. The normalized spacial score (nSPS) is 14.3. The molecule has 12 nitrogen and oxygen atoms in total. The number of primary amides is 1. The van der Waals surface area contributed by atoms with Crippen molar-refractivity contribution in [2.45, 2.75) is 30.6 Å². The molecule has 1 aliphatic carbocycles. The molecule has 1 saturated carbocycles. The maximum atomic E-state index is 12.8. The van der Waals surface area contributed by atoms with Crippen molar-refractivity contribution in [2.24, 2.45) is 5.73 Å². The molecule has 222 valence electrons. The zero-order valence-electron chi connectivity index (χ0n) is 21.8. The third-order valence-electron chi connectivity index (χ3n) is 6.07. The largest absolute Gasteiger partial charge is 0.511 e. The molecule has 1 heterocycles. The summed E-state index contributed by atoms with van der Waals surface area (Å²) in [5.41, 5.74) is 5.99. The second kappa shape index (κ2) is 12.4. The molecule has 7 N–H and O–H groups in total. The fraction of sp³-hybridized carbons (Fsp3) is 0.269. The highest BCUT2D eigenvalue weighted by Crippen LogP contribution is 2.48. The summed E-state index contributed by atoms with van der Waals surface area (Å²) >= 11 is 5.99. The first-order valence-electron chi connectivity index (χ1n) is 12.4. The number of nitrogens with two attached hydrogens (primary N) is 1. The van der Waals surface area contributed by atoms with Gasteiger partial charge in [0.05, 0.1) is 5.54 Å². The molecule has 1 fully saturated rings. The summed E-state index contributed by atoms with van der Waals surface area (Å²) in [6.07, 6.45) is -3.15. The van der Waals surface area contributed by atoms with Crippen LogP contribution in [0.15, 0.2) is 60.9 Å². The lowest BCUT2D eigenvalue weighted by molar-refractivity contribution is -0.154. The van der Waals surface area contributed by atoms with Crippen molar-refractivity contribution in [3.05, 3.63) is 77.0 Å². The van der Waals surface area contributed by atoms with Crippen LogP contribution in [0.2, 0.25) is 5.02 Å². The van der Waals surface area contributed by atoms with Crippen LogP contribution in [0, 0.1) is 0 Å². The molecule has 0 aliphatic heterocycles. The standard InChI is InChI=1S/C26H26ClF3N8O4/c1-14(39)19(12-32-21(31)41)34-20(40)15-2-8-18(9-3-15)33-22-35-23(37-24(36-22)42-13-26(28,29)30)38-25(10-11-25)16-4-6-17(27)7-5-16/h2-9,19,39H,1,10-13H2,(H,34,40)(H3,31,32,41)(H2,33,35,36,37,38)/t19-/m0/s1. The van der Waals surface area contributed by atoms with Crippen LogP contribution in [0.25, 0.3) is 0 Å². The van der Waals surface area contributed by atoms with Crippen molar-refractivity contribution in [2.75, 3.05) is 23.8 Å². The summed E-state index contributed by atoms with van der Waals surface area (Å²) in [5, 5.41) is 21.1. The molecule has 1 atom stereocenters. The zero-order chi connectivity index (χ0) is 30.5. The van der Waals surface area contributed by atoms with E-state index in [-0.39, 0.29) is 29.8 Å². The number of alkyl halides is 3. The number of carbonyl (C=O) groups is 2. The number of aromatic nitrogens is 3. The Kier molecular flexibility index (Phi) is 8.90. The van der Waals surface area contributed by atoms with Crippen LogP contribution in [0.3, 0.4) is 0 Å². The fourth-order valence-electron chi connectivity index (χ4n) is 3.80. The molecular weight excluding hydrogens is 581 g/mol. The number of hydrogen-bond donors (Lipinski definition) is 6. The second-order valence-electron chi connectivity index (χ2n) is 9.35. The smallest absolute Gasteiger partial charge is 0.422 e. The highest BCUT2D eigenvalue weighted by Gasteiger charge is 2.45. The first-order valence-corrected chi connectivity index (χ1v) is 12.8. The highest BCUT2D eigenvalue weighted by molar-refractivity contribution is 6.30. The summed E-state index contributed by atoms with van der Waals surface area (Å²) < 4.78 is 43.2. The van der Waals surface area contributed by atoms with Crippen LogP contribution in [0.4, 0.5) is 35.5 Å². The van der Waals surface area contributed by atoms with Crippen molar-refractivity contribution < 1.29 is 32.6 Å². The number of aliphatic hydroxyl groups excluding tert-OH is 1. The number of nitrogens with one attached hydrogen (secondary N) is 4. The number of carbonyl (C=O) groups excluding carboxylic acids is 2. The summed E-state index contributed by atoms with van der Waals surface area (Å²) in [7, 11) is 0. The van der Waals surface area contributed by atoms with E-state index in [1.807, 2.05) is 12.1 Å². The van der Waals surface area contributed by atoms with E-state index in [9.17, 15) is 27.9 Å². The van der Waals surface area contributed by atoms with Crippen molar-refractivity contribution >= 4 is 41.1 Å². The van der Waals surface area contributed by atoms with Gasteiger partial charge in [-0.3, -0.25) is 4.79 Å². The third-order valence-corrected chi connectivity index (χ3v) is 6.32. The van der Waals surface area contributed by atoms with Gasteiger partial charge >= 0.3 is 18.2 Å². The van der Waals surface area contributed by atoms with Crippen molar-refractivity contribution in [3.63, 3.8) is 0 Å². The molecule has 0 saturated heterocycles. The molecule has 1 aromatic heterocycles. The minimum Gasteiger partial charge on any atom is -0.511 e. The van der Waals surface area contributed by atoms with Gasteiger partial charge < -0.3 is 36.8 Å². The topological polar surface area (TPSA) is 176 Å². The van der Waals surface area contributed by atoms with E-state index in [1.165, 1.54) is 24.3 Å². The van der Waals surface area contributed by atoms with Gasteiger partial charge in [-0.1, -0.05) is 30.3 Å². The average molecular weight is 607 g/mol. The van der Waals surface area contributed by atoms with Gasteiger partial charge in [0.2, 0.25) is 11.9 Å². The predicted octanol–water partition coefficient (Wildman–Crippen LogP) is 4.15. The highest BCUT2D eigenvalue weighted by atomic mass is 35.5. The van der Waals surface area contributed by atoms with E-state index in [2.05, 4.69) is 42.8 Å². The summed E-state index contributed by atoms with van der Waals surface area (Å²) in [4.78, 5) is 35.8. The van der Waals surface area contributed by atoms with Gasteiger partial charge in [0.15, 0.2) is 6.61 Å². The number of nitrogens with zero attached hydrogens (tertiary/aromatic N) is 3. The van der Waals surface area contributed by atoms with Crippen LogP contribution in [0.1, 0.15) is 28.8 Å². The Hall–Kier alpha value is -4.79. The van der Waals surface area contributed by atoms with Crippen LogP contribution >= 0.6 is 11.6 Å². The quantitative estimate of drug-likeness (QED) is 0.165. The molecule has 2 aromatic carbocycles. The molecule has 0 bridgehead atoms. The number of urea groups is 1. The Labute approximate surface area is 242 Å². The number of halogens is 4. The van der Waals surface area contributed by atoms with Gasteiger partial charge in [0.1, 0.15) is 11.8 Å². The third kappa shape index (κ3) is 8.36. The maximum Gasteiger partial charge on any atom is 0.422 e. The molecule has 3 aromatic rings. The minimum atomic E-state index is -4.61.